The third kappa shape index (κ3) is 5.02. The van der Waals surface area contributed by atoms with Crippen LogP contribution in [0.1, 0.15) is 44.0 Å². The third-order valence-electron chi connectivity index (χ3n) is 5.67. The monoisotopic (exact) mass is 479 g/mol. The zero-order valence-corrected chi connectivity index (χ0v) is 21.3. The number of amides is 1. The Morgan fingerprint density at radius 2 is 1.82 bits per heavy atom. The second-order valence-corrected chi connectivity index (χ2v) is 10.0. The molecule has 7 heteroatoms. The van der Waals surface area contributed by atoms with Crippen molar-refractivity contribution in [2.45, 2.75) is 46.6 Å². The van der Waals surface area contributed by atoms with Crippen molar-refractivity contribution in [3.63, 3.8) is 0 Å². The number of aromatic nitrogens is 2. The van der Waals surface area contributed by atoms with Crippen LogP contribution in [0.4, 0.5) is 4.79 Å². The SMILES string of the molecule is COc1cc(C)cc(C)c1-c1ccc2c(Cl)cc(C3=CCCN(C(=O)OC(C)(C)C)C3)nc2n1. The molecular weight excluding hydrogens is 450 g/mol. The molecule has 0 spiro atoms. The van der Waals surface area contributed by atoms with E-state index in [2.05, 4.69) is 12.1 Å². The predicted octanol–water partition coefficient (Wildman–Crippen LogP) is 6.60. The fraction of sp³-hybridized carbons (Fsp3) is 0.370. The first-order chi connectivity index (χ1) is 16.1. The van der Waals surface area contributed by atoms with Gasteiger partial charge in [-0.05, 0) is 82.0 Å². The van der Waals surface area contributed by atoms with Crippen molar-refractivity contribution in [2.24, 2.45) is 0 Å². The van der Waals surface area contributed by atoms with Gasteiger partial charge in [-0.2, -0.15) is 0 Å². The number of aryl methyl sites for hydroxylation is 2. The van der Waals surface area contributed by atoms with Gasteiger partial charge in [-0.1, -0.05) is 23.7 Å². The molecule has 0 atom stereocenters. The molecule has 0 N–H and O–H groups in total. The highest BCUT2D eigenvalue weighted by molar-refractivity contribution is 6.35. The molecule has 6 nitrogen and oxygen atoms in total. The lowest BCUT2D eigenvalue weighted by Crippen LogP contribution is -2.39. The zero-order chi connectivity index (χ0) is 24.6. The van der Waals surface area contributed by atoms with Crippen LogP contribution in [0.15, 0.2) is 36.4 Å². The molecular formula is C27H30ClN3O3. The lowest BCUT2D eigenvalue weighted by molar-refractivity contribution is 0.0273. The first-order valence-corrected chi connectivity index (χ1v) is 11.7. The number of carbonyl (C=O) groups is 1. The van der Waals surface area contributed by atoms with E-state index in [1.807, 2.05) is 58.9 Å². The quantitative estimate of drug-likeness (QED) is 0.423. The summed E-state index contributed by atoms with van der Waals surface area (Å²) in [6.45, 7) is 10.7. The van der Waals surface area contributed by atoms with Gasteiger partial charge in [0, 0.05) is 17.5 Å². The number of rotatable bonds is 3. The molecule has 3 aromatic rings. The molecule has 0 saturated carbocycles. The molecule has 0 radical (unpaired) electrons. The molecule has 34 heavy (non-hydrogen) atoms. The highest BCUT2D eigenvalue weighted by Crippen LogP contribution is 2.35. The summed E-state index contributed by atoms with van der Waals surface area (Å²) in [6, 6.07) is 9.84. The van der Waals surface area contributed by atoms with Crippen molar-refractivity contribution in [2.75, 3.05) is 20.2 Å². The van der Waals surface area contributed by atoms with E-state index in [1.165, 1.54) is 0 Å². The molecule has 1 amide bonds. The number of fused-ring (bicyclic) bond motifs is 1. The van der Waals surface area contributed by atoms with Crippen LogP contribution in [0.3, 0.4) is 0 Å². The molecule has 0 aliphatic carbocycles. The van der Waals surface area contributed by atoms with E-state index in [0.29, 0.717) is 29.5 Å². The van der Waals surface area contributed by atoms with Crippen molar-refractivity contribution in [3.05, 3.63) is 58.3 Å². The van der Waals surface area contributed by atoms with Crippen molar-refractivity contribution in [3.8, 4) is 17.0 Å². The topological polar surface area (TPSA) is 64.5 Å². The van der Waals surface area contributed by atoms with E-state index in [1.54, 1.807) is 12.0 Å². The van der Waals surface area contributed by atoms with Crippen molar-refractivity contribution in [1.82, 2.24) is 14.9 Å². The van der Waals surface area contributed by atoms with Crippen LogP contribution in [0, 0.1) is 13.8 Å². The van der Waals surface area contributed by atoms with Crippen molar-refractivity contribution in [1.29, 1.82) is 0 Å². The summed E-state index contributed by atoms with van der Waals surface area (Å²) in [6.07, 6.45) is 2.49. The highest BCUT2D eigenvalue weighted by Gasteiger charge is 2.25. The molecule has 0 saturated heterocycles. The first-order valence-electron chi connectivity index (χ1n) is 11.4. The van der Waals surface area contributed by atoms with E-state index in [4.69, 9.17) is 31.0 Å². The van der Waals surface area contributed by atoms with Gasteiger partial charge >= 0.3 is 6.09 Å². The standard InChI is InChI=1S/C27H30ClN3O3/c1-16-12-17(2)24(23(13-16)33-6)21-10-9-19-20(28)14-22(30-25(19)29-21)18-8-7-11-31(15-18)26(32)34-27(3,4)5/h8-10,12-14H,7,11,15H2,1-6H3. The maximum atomic E-state index is 12.6. The smallest absolute Gasteiger partial charge is 0.410 e. The van der Waals surface area contributed by atoms with Gasteiger partial charge in [-0.25, -0.2) is 14.8 Å². The van der Waals surface area contributed by atoms with Crippen LogP contribution in [0.5, 0.6) is 5.75 Å². The predicted molar refractivity (Wildman–Crippen MR) is 136 cm³/mol. The fourth-order valence-corrected chi connectivity index (χ4v) is 4.45. The van der Waals surface area contributed by atoms with Crippen molar-refractivity contribution >= 4 is 34.3 Å². The minimum Gasteiger partial charge on any atom is -0.496 e. The molecule has 0 fully saturated rings. The summed E-state index contributed by atoms with van der Waals surface area (Å²) < 4.78 is 11.2. The minimum atomic E-state index is -0.543. The fourth-order valence-electron chi connectivity index (χ4n) is 4.20. The summed E-state index contributed by atoms with van der Waals surface area (Å²) >= 11 is 6.64. The molecule has 0 bridgehead atoms. The van der Waals surface area contributed by atoms with Gasteiger partial charge in [0.25, 0.3) is 0 Å². The van der Waals surface area contributed by atoms with Crippen LogP contribution in [0.25, 0.3) is 27.9 Å². The van der Waals surface area contributed by atoms with Gasteiger partial charge in [0.1, 0.15) is 11.4 Å². The van der Waals surface area contributed by atoms with Crippen LogP contribution in [-0.2, 0) is 4.74 Å². The first kappa shape index (κ1) is 24.0. The van der Waals surface area contributed by atoms with Gasteiger partial charge in [0.05, 0.1) is 30.1 Å². The van der Waals surface area contributed by atoms with E-state index in [-0.39, 0.29) is 6.09 Å². The Labute approximate surface area is 205 Å². The summed E-state index contributed by atoms with van der Waals surface area (Å²) in [5, 5.41) is 1.35. The maximum Gasteiger partial charge on any atom is 0.410 e. The molecule has 1 aliphatic heterocycles. The van der Waals surface area contributed by atoms with E-state index in [9.17, 15) is 4.79 Å². The molecule has 1 aliphatic rings. The second kappa shape index (κ2) is 9.26. The Hall–Kier alpha value is -3.12. The molecule has 1 aromatic carbocycles. The Balaban J connectivity index is 1.71. The normalized spacial score (nSPS) is 14.2. The van der Waals surface area contributed by atoms with Gasteiger partial charge in [0.15, 0.2) is 5.65 Å². The second-order valence-electron chi connectivity index (χ2n) is 9.64. The Bertz CT molecular complexity index is 1290. The molecule has 0 unspecified atom stereocenters. The van der Waals surface area contributed by atoms with Crippen LogP contribution in [-0.4, -0.2) is 46.8 Å². The minimum absolute atomic E-state index is 0.327. The average Bonchev–Trinajstić information content (AvgIpc) is 2.77. The third-order valence-corrected chi connectivity index (χ3v) is 5.99. The van der Waals surface area contributed by atoms with Gasteiger partial charge in [0.2, 0.25) is 0 Å². The molecule has 2 aromatic heterocycles. The van der Waals surface area contributed by atoms with Gasteiger partial charge in [-0.15, -0.1) is 0 Å². The Morgan fingerprint density at radius 3 is 2.53 bits per heavy atom. The number of nitrogens with zero attached hydrogens (tertiary/aromatic N) is 3. The van der Waals surface area contributed by atoms with Gasteiger partial charge < -0.3 is 14.4 Å². The number of methoxy groups -OCH3 is 1. The summed E-state index contributed by atoms with van der Waals surface area (Å²) in [5.41, 5.74) is 5.56. The summed E-state index contributed by atoms with van der Waals surface area (Å²) in [5.74, 6) is 0.773. The van der Waals surface area contributed by atoms with Gasteiger partial charge in [-0.3, -0.25) is 0 Å². The van der Waals surface area contributed by atoms with Crippen LogP contribution in [0.2, 0.25) is 5.02 Å². The maximum absolute atomic E-state index is 12.6. The number of pyridine rings is 2. The molecule has 3 heterocycles. The van der Waals surface area contributed by atoms with Crippen LogP contribution >= 0.6 is 11.6 Å². The average molecular weight is 480 g/mol. The van der Waals surface area contributed by atoms with E-state index in [0.717, 1.165) is 45.5 Å². The Morgan fingerprint density at radius 1 is 1.09 bits per heavy atom. The lowest BCUT2D eigenvalue weighted by Gasteiger charge is -2.30. The Kier molecular flexibility index (Phi) is 6.54. The zero-order valence-electron chi connectivity index (χ0n) is 20.5. The summed E-state index contributed by atoms with van der Waals surface area (Å²) in [4.78, 5) is 24.0. The van der Waals surface area contributed by atoms with Crippen molar-refractivity contribution < 1.29 is 14.3 Å². The number of halogens is 1. The van der Waals surface area contributed by atoms with E-state index >= 15 is 0 Å². The number of hydrogen-bond donors (Lipinski definition) is 0. The molecule has 178 valence electrons. The lowest BCUT2D eigenvalue weighted by atomic mass is 10.0. The number of benzene rings is 1. The number of ether oxygens (including phenoxy) is 2. The number of hydrogen-bond acceptors (Lipinski definition) is 5. The van der Waals surface area contributed by atoms with Crippen LogP contribution < -0.4 is 4.74 Å². The highest BCUT2D eigenvalue weighted by atomic mass is 35.5. The summed E-state index contributed by atoms with van der Waals surface area (Å²) in [7, 11) is 1.66. The number of carbonyl (C=O) groups excluding carboxylic acids is 1. The molecule has 4 rings (SSSR count). The largest absolute Gasteiger partial charge is 0.496 e. The van der Waals surface area contributed by atoms with E-state index < -0.39 is 5.60 Å².